The van der Waals surface area contributed by atoms with Gasteiger partial charge in [0.25, 0.3) is 0 Å². The van der Waals surface area contributed by atoms with Crippen molar-refractivity contribution in [2.45, 2.75) is 6.61 Å². The Balaban J connectivity index is 2.11. The highest BCUT2D eigenvalue weighted by atomic mass is 32.1. The van der Waals surface area contributed by atoms with Crippen LogP contribution in [0.25, 0.3) is 22.6 Å². The van der Waals surface area contributed by atoms with Crippen LogP contribution in [0.5, 0.6) is 0 Å². The summed E-state index contributed by atoms with van der Waals surface area (Å²) in [6, 6.07) is 7.84. The van der Waals surface area contributed by atoms with Gasteiger partial charge in [-0.25, -0.2) is 9.97 Å². The maximum atomic E-state index is 8.95. The molecule has 2 aromatic heterocycles. The van der Waals surface area contributed by atoms with Gasteiger partial charge in [-0.3, -0.25) is 0 Å². The van der Waals surface area contributed by atoms with E-state index in [1.54, 1.807) is 0 Å². The molecule has 4 nitrogen and oxygen atoms in total. The summed E-state index contributed by atoms with van der Waals surface area (Å²) in [5.74, 6) is 0.747. The largest absolute Gasteiger partial charge is 0.389 e. The standard InChI is InChI=1S/C11H9N3OS/c15-5-10-12-9(6-16-10)11-13-7-3-1-2-4-8(7)14-11/h1-4,6,15H,5H2,(H,13,14). The summed E-state index contributed by atoms with van der Waals surface area (Å²) in [5.41, 5.74) is 2.71. The van der Waals surface area contributed by atoms with Crippen molar-refractivity contribution in [1.82, 2.24) is 15.0 Å². The predicted octanol–water partition coefficient (Wildman–Crippen LogP) is 2.18. The van der Waals surface area contributed by atoms with E-state index in [0.717, 1.165) is 22.6 Å². The zero-order chi connectivity index (χ0) is 11.0. The third-order valence-electron chi connectivity index (χ3n) is 2.32. The molecule has 0 unspecified atom stereocenters. The zero-order valence-electron chi connectivity index (χ0n) is 8.34. The summed E-state index contributed by atoms with van der Waals surface area (Å²) >= 11 is 1.43. The molecule has 2 N–H and O–H groups in total. The SMILES string of the molecule is OCc1nc(-c2nc3ccccc3[nH]2)cs1. The van der Waals surface area contributed by atoms with E-state index in [0.29, 0.717) is 5.01 Å². The molecular weight excluding hydrogens is 222 g/mol. The summed E-state index contributed by atoms with van der Waals surface area (Å²) in [4.78, 5) is 11.9. The second kappa shape index (κ2) is 3.70. The topological polar surface area (TPSA) is 61.8 Å². The lowest BCUT2D eigenvalue weighted by atomic mass is 10.3. The number of para-hydroxylation sites is 2. The van der Waals surface area contributed by atoms with Crippen molar-refractivity contribution in [2.75, 3.05) is 0 Å². The summed E-state index contributed by atoms with van der Waals surface area (Å²) in [6.07, 6.45) is 0. The Kier molecular flexibility index (Phi) is 2.19. The second-order valence-electron chi connectivity index (χ2n) is 3.39. The molecule has 0 saturated heterocycles. The quantitative estimate of drug-likeness (QED) is 0.710. The van der Waals surface area contributed by atoms with E-state index in [1.165, 1.54) is 11.3 Å². The molecular formula is C11H9N3OS. The normalized spacial score (nSPS) is 11.1. The Labute approximate surface area is 95.6 Å². The third kappa shape index (κ3) is 1.50. The van der Waals surface area contributed by atoms with Crippen molar-refractivity contribution < 1.29 is 5.11 Å². The fourth-order valence-corrected chi connectivity index (χ4v) is 2.20. The monoisotopic (exact) mass is 231 g/mol. The van der Waals surface area contributed by atoms with Crippen LogP contribution in [-0.2, 0) is 6.61 Å². The molecule has 0 fully saturated rings. The van der Waals surface area contributed by atoms with Crippen LogP contribution in [0.3, 0.4) is 0 Å². The molecule has 2 heterocycles. The van der Waals surface area contributed by atoms with Gasteiger partial charge in [-0.15, -0.1) is 11.3 Å². The van der Waals surface area contributed by atoms with Crippen LogP contribution >= 0.6 is 11.3 Å². The lowest BCUT2D eigenvalue weighted by Gasteiger charge is -1.87. The Morgan fingerprint density at radius 3 is 2.88 bits per heavy atom. The van der Waals surface area contributed by atoms with Crippen molar-refractivity contribution in [2.24, 2.45) is 0 Å². The van der Waals surface area contributed by atoms with E-state index in [-0.39, 0.29) is 6.61 Å². The van der Waals surface area contributed by atoms with Crippen LogP contribution in [0.4, 0.5) is 0 Å². The Morgan fingerprint density at radius 1 is 1.25 bits per heavy atom. The summed E-state index contributed by atoms with van der Waals surface area (Å²) in [6.45, 7) is -0.0229. The van der Waals surface area contributed by atoms with Crippen LogP contribution in [0.2, 0.25) is 0 Å². The van der Waals surface area contributed by atoms with Crippen LogP contribution in [0, 0.1) is 0 Å². The first kappa shape index (κ1) is 9.50. The van der Waals surface area contributed by atoms with E-state index in [4.69, 9.17) is 5.11 Å². The number of hydrogen-bond donors (Lipinski definition) is 2. The Hall–Kier alpha value is -1.72. The molecule has 1 aromatic carbocycles. The average molecular weight is 231 g/mol. The number of aromatic nitrogens is 3. The van der Waals surface area contributed by atoms with E-state index in [2.05, 4.69) is 15.0 Å². The molecule has 0 radical (unpaired) electrons. The highest BCUT2D eigenvalue weighted by molar-refractivity contribution is 7.09. The number of nitrogens with zero attached hydrogens (tertiary/aromatic N) is 2. The summed E-state index contributed by atoms with van der Waals surface area (Å²) < 4.78 is 0. The van der Waals surface area contributed by atoms with Crippen LogP contribution in [-0.4, -0.2) is 20.1 Å². The smallest absolute Gasteiger partial charge is 0.158 e. The minimum atomic E-state index is -0.0229. The van der Waals surface area contributed by atoms with Gasteiger partial charge in [0, 0.05) is 5.38 Å². The van der Waals surface area contributed by atoms with Gasteiger partial charge in [0.2, 0.25) is 0 Å². The number of nitrogens with one attached hydrogen (secondary N) is 1. The lowest BCUT2D eigenvalue weighted by Crippen LogP contribution is -1.83. The van der Waals surface area contributed by atoms with Crippen molar-refractivity contribution >= 4 is 22.4 Å². The predicted molar refractivity (Wildman–Crippen MR) is 63.1 cm³/mol. The van der Waals surface area contributed by atoms with E-state index in [9.17, 15) is 0 Å². The first-order valence-electron chi connectivity index (χ1n) is 4.87. The molecule has 0 aliphatic heterocycles. The maximum absolute atomic E-state index is 8.95. The average Bonchev–Trinajstić information content (AvgIpc) is 2.95. The van der Waals surface area contributed by atoms with Crippen molar-refractivity contribution in [3.05, 3.63) is 34.7 Å². The molecule has 0 saturated carbocycles. The lowest BCUT2D eigenvalue weighted by molar-refractivity contribution is 0.281. The first-order chi connectivity index (χ1) is 7.86. The second-order valence-corrected chi connectivity index (χ2v) is 4.33. The van der Waals surface area contributed by atoms with Crippen LogP contribution in [0.15, 0.2) is 29.6 Å². The van der Waals surface area contributed by atoms with Gasteiger partial charge in [-0.2, -0.15) is 0 Å². The number of benzene rings is 1. The van der Waals surface area contributed by atoms with Gasteiger partial charge in [0.15, 0.2) is 5.82 Å². The van der Waals surface area contributed by atoms with E-state index in [1.807, 2.05) is 29.6 Å². The highest BCUT2D eigenvalue weighted by Gasteiger charge is 2.08. The Morgan fingerprint density at radius 2 is 2.12 bits per heavy atom. The van der Waals surface area contributed by atoms with Crippen LogP contribution in [0.1, 0.15) is 5.01 Å². The highest BCUT2D eigenvalue weighted by Crippen LogP contribution is 2.22. The molecule has 3 aromatic rings. The van der Waals surface area contributed by atoms with Crippen molar-refractivity contribution in [3.8, 4) is 11.5 Å². The first-order valence-corrected chi connectivity index (χ1v) is 5.75. The molecule has 0 atom stereocenters. The molecule has 0 bridgehead atoms. The van der Waals surface area contributed by atoms with E-state index >= 15 is 0 Å². The number of aliphatic hydroxyl groups is 1. The third-order valence-corrected chi connectivity index (χ3v) is 3.15. The molecule has 16 heavy (non-hydrogen) atoms. The summed E-state index contributed by atoms with van der Waals surface area (Å²) in [7, 11) is 0. The van der Waals surface area contributed by atoms with E-state index < -0.39 is 0 Å². The van der Waals surface area contributed by atoms with Crippen molar-refractivity contribution in [3.63, 3.8) is 0 Å². The van der Waals surface area contributed by atoms with Gasteiger partial charge in [0.05, 0.1) is 17.6 Å². The Bertz CT molecular complexity index is 596. The summed E-state index contributed by atoms with van der Waals surface area (Å²) in [5, 5.41) is 11.6. The van der Waals surface area contributed by atoms with Crippen molar-refractivity contribution in [1.29, 1.82) is 0 Å². The number of rotatable bonds is 2. The number of fused-ring (bicyclic) bond motifs is 1. The minimum Gasteiger partial charge on any atom is -0.389 e. The molecule has 0 spiro atoms. The van der Waals surface area contributed by atoms with Gasteiger partial charge in [-0.1, -0.05) is 12.1 Å². The number of H-pyrrole nitrogens is 1. The fourth-order valence-electron chi connectivity index (χ4n) is 1.57. The zero-order valence-corrected chi connectivity index (χ0v) is 9.16. The fraction of sp³-hybridized carbons (Fsp3) is 0.0909. The van der Waals surface area contributed by atoms with Crippen LogP contribution < -0.4 is 0 Å². The van der Waals surface area contributed by atoms with Gasteiger partial charge >= 0.3 is 0 Å². The molecule has 0 aliphatic rings. The van der Waals surface area contributed by atoms with Gasteiger partial charge in [0.1, 0.15) is 10.7 Å². The molecule has 3 rings (SSSR count). The number of imidazole rings is 1. The minimum absolute atomic E-state index is 0.0229. The van der Waals surface area contributed by atoms with Gasteiger partial charge in [-0.05, 0) is 12.1 Å². The molecule has 0 aliphatic carbocycles. The molecule has 5 heteroatoms. The number of hydrogen-bond acceptors (Lipinski definition) is 4. The van der Waals surface area contributed by atoms with Gasteiger partial charge < -0.3 is 10.1 Å². The number of aliphatic hydroxyl groups excluding tert-OH is 1. The molecule has 80 valence electrons. The molecule has 0 amide bonds. The number of aromatic amines is 1. The maximum Gasteiger partial charge on any atom is 0.158 e. The number of thiazole rings is 1.